The molecular formula is C20H27N3O2S. The van der Waals surface area contributed by atoms with Crippen molar-refractivity contribution >= 4 is 22.6 Å². The Balaban J connectivity index is 1.68. The number of piperazine rings is 1. The molecule has 2 aromatic rings. The van der Waals surface area contributed by atoms with E-state index in [0.717, 1.165) is 30.3 Å². The highest BCUT2D eigenvalue weighted by Gasteiger charge is 2.27. The van der Waals surface area contributed by atoms with Crippen molar-refractivity contribution in [1.82, 2.24) is 9.88 Å². The van der Waals surface area contributed by atoms with Crippen LogP contribution in [0.25, 0.3) is 11.3 Å². The van der Waals surface area contributed by atoms with Gasteiger partial charge in [0.1, 0.15) is 5.60 Å². The highest BCUT2D eigenvalue weighted by Crippen LogP contribution is 2.33. The van der Waals surface area contributed by atoms with Gasteiger partial charge in [0, 0.05) is 36.6 Å². The molecule has 3 rings (SSSR count). The van der Waals surface area contributed by atoms with Crippen LogP contribution in [0, 0.1) is 0 Å². The van der Waals surface area contributed by atoms with Crippen molar-refractivity contribution in [3.05, 3.63) is 35.2 Å². The van der Waals surface area contributed by atoms with Crippen LogP contribution in [0.3, 0.4) is 0 Å². The van der Waals surface area contributed by atoms with Gasteiger partial charge in [-0.15, -0.1) is 11.3 Å². The number of ether oxygens (including phenoxy) is 1. The third kappa shape index (κ3) is 4.36. The number of carbonyl (C=O) groups excluding carboxylic acids is 1. The summed E-state index contributed by atoms with van der Waals surface area (Å²) in [4.78, 5) is 22.5. The molecule has 0 atom stereocenters. The first-order valence-electron chi connectivity index (χ1n) is 9.15. The quantitative estimate of drug-likeness (QED) is 0.798. The Labute approximate surface area is 159 Å². The minimum absolute atomic E-state index is 0.226. The number of rotatable bonds is 3. The largest absolute Gasteiger partial charge is 0.444 e. The zero-order chi connectivity index (χ0) is 18.7. The molecule has 1 aliphatic rings. The smallest absolute Gasteiger partial charge is 0.410 e. The van der Waals surface area contributed by atoms with Gasteiger partial charge in [-0.05, 0) is 27.2 Å². The molecule has 140 valence electrons. The second-order valence-corrected chi connectivity index (χ2v) is 8.50. The molecule has 0 spiro atoms. The molecule has 2 heterocycles. The van der Waals surface area contributed by atoms with Gasteiger partial charge in [0.25, 0.3) is 0 Å². The molecule has 0 saturated carbocycles. The molecule has 1 aromatic heterocycles. The summed E-state index contributed by atoms with van der Waals surface area (Å²) in [7, 11) is 0. The minimum atomic E-state index is -0.454. The first-order chi connectivity index (χ1) is 12.4. The molecule has 1 aromatic carbocycles. The fraction of sp³-hybridized carbons (Fsp3) is 0.500. The summed E-state index contributed by atoms with van der Waals surface area (Å²) in [5.74, 6) is 0. The Morgan fingerprint density at radius 2 is 1.81 bits per heavy atom. The van der Waals surface area contributed by atoms with E-state index in [1.807, 2.05) is 39.0 Å². The third-order valence-electron chi connectivity index (χ3n) is 4.26. The average molecular weight is 374 g/mol. The highest BCUT2D eigenvalue weighted by molar-refractivity contribution is 7.16. The number of anilines is 1. The second-order valence-electron chi connectivity index (χ2n) is 7.44. The van der Waals surface area contributed by atoms with Crippen LogP contribution in [0.4, 0.5) is 9.93 Å². The fourth-order valence-corrected chi connectivity index (χ4v) is 4.02. The van der Waals surface area contributed by atoms with E-state index in [1.54, 1.807) is 16.2 Å². The number of carbonyl (C=O) groups is 1. The van der Waals surface area contributed by atoms with Crippen LogP contribution >= 0.6 is 11.3 Å². The Kier molecular flexibility index (Phi) is 5.51. The number of amides is 1. The lowest BCUT2D eigenvalue weighted by molar-refractivity contribution is 0.0240. The molecule has 0 radical (unpaired) electrons. The first-order valence-corrected chi connectivity index (χ1v) is 9.97. The van der Waals surface area contributed by atoms with Gasteiger partial charge in [-0.1, -0.05) is 37.3 Å². The molecule has 1 saturated heterocycles. The molecule has 0 unspecified atom stereocenters. The Morgan fingerprint density at radius 3 is 2.38 bits per heavy atom. The lowest BCUT2D eigenvalue weighted by Gasteiger charge is -2.35. The van der Waals surface area contributed by atoms with E-state index in [2.05, 4.69) is 24.0 Å². The summed E-state index contributed by atoms with van der Waals surface area (Å²) >= 11 is 1.76. The average Bonchev–Trinajstić information content (AvgIpc) is 3.05. The molecule has 1 amide bonds. The maximum absolute atomic E-state index is 12.2. The predicted octanol–water partition coefficient (Wildman–Crippen LogP) is 4.43. The van der Waals surface area contributed by atoms with Crippen molar-refractivity contribution in [3.8, 4) is 11.3 Å². The highest BCUT2D eigenvalue weighted by atomic mass is 32.1. The predicted molar refractivity (Wildman–Crippen MR) is 107 cm³/mol. The summed E-state index contributed by atoms with van der Waals surface area (Å²) < 4.78 is 5.47. The molecule has 0 N–H and O–H groups in total. The maximum Gasteiger partial charge on any atom is 0.410 e. The van der Waals surface area contributed by atoms with Crippen molar-refractivity contribution in [2.75, 3.05) is 31.1 Å². The van der Waals surface area contributed by atoms with Gasteiger partial charge < -0.3 is 14.5 Å². The van der Waals surface area contributed by atoms with Crippen molar-refractivity contribution in [3.63, 3.8) is 0 Å². The van der Waals surface area contributed by atoms with Crippen LogP contribution in [0.5, 0.6) is 0 Å². The van der Waals surface area contributed by atoms with Crippen LogP contribution in [0.2, 0.25) is 0 Å². The van der Waals surface area contributed by atoms with Gasteiger partial charge >= 0.3 is 6.09 Å². The summed E-state index contributed by atoms with van der Waals surface area (Å²) in [6.07, 6.45) is 0.746. The normalized spacial score (nSPS) is 15.2. The van der Waals surface area contributed by atoms with Crippen LogP contribution in [-0.4, -0.2) is 47.8 Å². The summed E-state index contributed by atoms with van der Waals surface area (Å²) in [5, 5.41) is 1.05. The van der Waals surface area contributed by atoms with Crippen molar-refractivity contribution in [1.29, 1.82) is 0 Å². The van der Waals surface area contributed by atoms with Crippen LogP contribution in [0.15, 0.2) is 30.3 Å². The Morgan fingerprint density at radius 1 is 1.15 bits per heavy atom. The van der Waals surface area contributed by atoms with E-state index in [1.165, 1.54) is 10.4 Å². The van der Waals surface area contributed by atoms with Gasteiger partial charge in [0.2, 0.25) is 0 Å². The summed E-state index contributed by atoms with van der Waals surface area (Å²) in [6, 6.07) is 10.3. The van der Waals surface area contributed by atoms with E-state index in [4.69, 9.17) is 9.72 Å². The standard InChI is InChI=1S/C20H27N3O2S/c1-5-16-17(15-9-7-6-8-10-15)21-18(26-16)22-11-13-23(14-12-22)19(24)25-20(2,3)4/h6-10H,5,11-14H2,1-4H3. The number of aromatic nitrogens is 1. The maximum atomic E-state index is 12.2. The van der Waals surface area contributed by atoms with Gasteiger partial charge in [-0.2, -0.15) is 0 Å². The third-order valence-corrected chi connectivity index (χ3v) is 5.52. The lowest BCUT2D eigenvalue weighted by Crippen LogP contribution is -2.50. The van der Waals surface area contributed by atoms with E-state index >= 15 is 0 Å². The summed E-state index contributed by atoms with van der Waals surface area (Å²) in [6.45, 7) is 10.8. The monoisotopic (exact) mass is 373 g/mol. The zero-order valence-corrected chi connectivity index (χ0v) is 16.8. The van der Waals surface area contributed by atoms with Gasteiger partial charge in [0.15, 0.2) is 5.13 Å². The number of nitrogens with zero attached hydrogens (tertiary/aromatic N) is 3. The molecule has 6 heteroatoms. The minimum Gasteiger partial charge on any atom is -0.444 e. The number of hydrogen-bond donors (Lipinski definition) is 0. The van der Waals surface area contributed by atoms with Crippen molar-refractivity contribution in [2.24, 2.45) is 0 Å². The Bertz CT molecular complexity index is 744. The number of aryl methyl sites for hydroxylation is 1. The molecular weight excluding hydrogens is 346 g/mol. The lowest BCUT2D eigenvalue weighted by atomic mass is 10.1. The van der Waals surface area contributed by atoms with Gasteiger partial charge in [0.05, 0.1) is 5.69 Å². The van der Waals surface area contributed by atoms with E-state index in [0.29, 0.717) is 13.1 Å². The van der Waals surface area contributed by atoms with Crippen molar-refractivity contribution in [2.45, 2.75) is 39.7 Å². The zero-order valence-electron chi connectivity index (χ0n) is 16.0. The molecule has 1 aliphatic heterocycles. The summed E-state index contributed by atoms with van der Waals surface area (Å²) in [5.41, 5.74) is 1.80. The van der Waals surface area contributed by atoms with E-state index in [9.17, 15) is 4.79 Å². The van der Waals surface area contributed by atoms with E-state index < -0.39 is 5.60 Å². The number of hydrogen-bond acceptors (Lipinski definition) is 5. The SMILES string of the molecule is CCc1sc(N2CCN(C(=O)OC(C)(C)C)CC2)nc1-c1ccccc1. The van der Waals surface area contributed by atoms with Gasteiger partial charge in [-0.25, -0.2) is 9.78 Å². The van der Waals surface area contributed by atoms with E-state index in [-0.39, 0.29) is 6.09 Å². The topological polar surface area (TPSA) is 45.7 Å². The first kappa shape index (κ1) is 18.7. The molecule has 5 nitrogen and oxygen atoms in total. The molecule has 0 bridgehead atoms. The van der Waals surface area contributed by atoms with Crippen LogP contribution in [0.1, 0.15) is 32.6 Å². The van der Waals surface area contributed by atoms with Gasteiger partial charge in [-0.3, -0.25) is 0 Å². The molecule has 0 aliphatic carbocycles. The van der Waals surface area contributed by atoms with Crippen LogP contribution < -0.4 is 4.90 Å². The Hall–Kier alpha value is -2.08. The molecule has 1 fully saturated rings. The number of benzene rings is 1. The molecule has 26 heavy (non-hydrogen) atoms. The second kappa shape index (κ2) is 7.66. The van der Waals surface area contributed by atoms with Crippen LogP contribution in [-0.2, 0) is 11.2 Å². The van der Waals surface area contributed by atoms with Crippen molar-refractivity contribution < 1.29 is 9.53 Å². The number of thiazole rings is 1. The fourth-order valence-electron chi connectivity index (χ4n) is 2.94.